The van der Waals surface area contributed by atoms with Crippen LogP contribution in [0.5, 0.6) is 5.75 Å². The van der Waals surface area contributed by atoms with E-state index in [0.717, 1.165) is 24.8 Å². The lowest BCUT2D eigenvalue weighted by atomic mass is 9.68. The van der Waals surface area contributed by atoms with Crippen molar-refractivity contribution in [2.75, 3.05) is 0 Å². The van der Waals surface area contributed by atoms with Crippen molar-refractivity contribution in [3.63, 3.8) is 0 Å². The summed E-state index contributed by atoms with van der Waals surface area (Å²) in [5, 5.41) is 20.2. The minimum atomic E-state index is -1.09. The van der Waals surface area contributed by atoms with Crippen LogP contribution >= 0.6 is 0 Å². The molecule has 23 heavy (non-hydrogen) atoms. The molecule has 1 unspecified atom stereocenters. The Kier molecular flexibility index (Phi) is 5.09. The molecule has 3 heteroatoms. The van der Waals surface area contributed by atoms with Crippen LogP contribution in [0.15, 0.2) is 42.5 Å². The van der Waals surface area contributed by atoms with Crippen molar-refractivity contribution in [1.29, 1.82) is 0 Å². The highest BCUT2D eigenvalue weighted by atomic mass is 16.4. The van der Waals surface area contributed by atoms with Gasteiger partial charge < -0.3 is 10.2 Å². The highest BCUT2D eigenvalue weighted by Crippen LogP contribution is 2.45. The molecule has 0 heterocycles. The fraction of sp³-hybridized carbons (Fsp3) is 0.350. The summed E-state index contributed by atoms with van der Waals surface area (Å²) in [5.74, 6) is -1.19. The molecule has 122 valence electrons. The topological polar surface area (TPSA) is 57.5 Å². The minimum absolute atomic E-state index is 0.00681. The third kappa shape index (κ3) is 2.96. The van der Waals surface area contributed by atoms with Gasteiger partial charge in [0.1, 0.15) is 11.3 Å². The van der Waals surface area contributed by atoms with E-state index >= 15 is 0 Å². The van der Waals surface area contributed by atoms with Gasteiger partial charge in [-0.2, -0.15) is 0 Å². The van der Waals surface area contributed by atoms with Crippen LogP contribution in [0, 0.1) is 6.92 Å². The number of carboxylic acid groups (broad SMARTS) is 1. The van der Waals surface area contributed by atoms with Crippen molar-refractivity contribution in [2.45, 2.75) is 45.4 Å². The average Bonchev–Trinajstić information content (AvgIpc) is 2.54. The van der Waals surface area contributed by atoms with Gasteiger partial charge in [0.25, 0.3) is 0 Å². The molecule has 0 aliphatic carbocycles. The van der Waals surface area contributed by atoms with E-state index in [1.165, 1.54) is 0 Å². The van der Waals surface area contributed by atoms with Crippen LogP contribution in [0.1, 0.15) is 60.2 Å². The molecule has 0 amide bonds. The number of hydrogen-bond donors (Lipinski definition) is 2. The molecule has 2 N–H and O–H groups in total. The third-order valence-electron chi connectivity index (χ3n) is 4.72. The molecule has 0 bridgehead atoms. The lowest BCUT2D eigenvalue weighted by Gasteiger charge is -2.35. The Morgan fingerprint density at radius 1 is 1.09 bits per heavy atom. The first-order valence-corrected chi connectivity index (χ1v) is 8.09. The first kappa shape index (κ1) is 17.1. The number of aryl methyl sites for hydroxylation is 1. The summed E-state index contributed by atoms with van der Waals surface area (Å²) in [5.41, 5.74) is 2.02. The summed E-state index contributed by atoms with van der Waals surface area (Å²) in [6.07, 6.45) is 2.59. The van der Waals surface area contributed by atoms with Crippen molar-refractivity contribution in [3.05, 3.63) is 64.7 Å². The molecule has 0 aliphatic rings. The summed E-state index contributed by atoms with van der Waals surface area (Å²) in [4.78, 5) is 11.5. The zero-order valence-electron chi connectivity index (χ0n) is 14.0. The Bertz CT molecular complexity index is 692. The summed E-state index contributed by atoms with van der Waals surface area (Å²) < 4.78 is 0. The lowest BCUT2D eigenvalue weighted by Crippen LogP contribution is -2.27. The van der Waals surface area contributed by atoms with Gasteiger partial charge >= 0.3 is 5.97 Å². The van der Waals surface area contributed by atoms with Gasteiger partial charge in [-0.05, 0) is 30.9 Å². The molecule has 0 aromatic heterocycles. The number of benzene rings is 2. The van der Waals surface area contributed by atoms with E-state index in [2.05, 4.69) is 26.0 Å². The second-order valence-electron chi connectivity index (χ2n) is 6.01. The molecule has 0 aliphatic heterocycles. The Labute approximate surface area is 137 Å². The Morgan fingerprint density at radius 3 is 2.26 bits per heavy atom. The molecule has 0 saturated heterocycles. The zero-order valence-corrected chi connectivity index (χ0v) is 14.0. The molecule has 1 atom stereocenters. The standard InChI is InChI=1S/C20H24O3/c1-4-13-20(5-2,15-9-7-6-8-10-15)16-12-11-14(3)17(18(16)21)19(22)23/h6-12,21H,4-5,13H2,1-3H3,(H,22,23). The molecule has 0 saturated carbocycles. The Balaban J connectivity index is 2.76. The summed E-state index contributed by atoms with van der Waals surface area (Å²) in [6.45, 7) is 5.90. The van der Waals surface area contributed by atoms with Crippen LogP contribution in [0.2, 0.25) is 0 Å². The van der Waals surface area contributed by atoms with Crippen LogP contribution < -0.4 is 0 Å². The third-order valence-corrected chi connectivity index (χ3v) is 4.72. The predicted molar refractivity (Wildman–Crippen MR) is 92.2 cm³/mol. The van der Waals surface area contributed by atoms with Crippen molar-refractivity contribution in [2.24, 2.45) is 0 Å². The molecule has 3 nitrogen and oxygen atoms in total. The number of rotatable bonds is 6. The lowest BCUT2D eigenvalue weighted by molar-refractivity contribution is 0.0692. The highest BCUT2D eigenvalue weighted by Gasteiger charge is 2.35. The molecule has 0 fully saturated rings. The van der Waals surface area contributed by atoms with Crippen LogP contribution in [0.4, 0.5) is 0 Å². The van der Waals surface area contributed by atoms with Gasteiger partial charge in [-0.3, -0.25) is 0 Å². The number of hydrogen-bond acceptors (Lipinski definition) is 2. The van der Waals surface area contributed by atoms with Gasteiger partial charge in [0.05, 0.1) is 0 Å². The first-order valence-electron chi connectivity index (χ1n) is 8.09. The van der Waals surface area contributed by atoms with Crippen molar-refractivity contribution in [1.82, 2.24) is 0 Å². The molecule has 2 aromatic rings. The average molecular weight is 312 g/mol. The number of aromatic carboxylic acids is 1. The van der Waals surface area contributed by atoms with Crippen LogP contribution in [-0.4, -0.2) is 16.2 Å². The predicted octanol–water partition coefficient (Wildman–Crippen LogP) is 4.90. The van der Waals surface area contributed by atoms with Crippen molar-refractivity contribution in [3.8, 4) is 5.75 Å². The Hall–Kier alpha value is -2.29. The monoisotopic (exact) mass is 312 g/mol. The number of carboxylic acids is 1. The largest absolute Gasteiger partial charge is 0.507 e. The van der Waals surface area contributed by atoms with Gasteiger partial charge in [-0.1, -0.05) is 62.7 Å². The quantitative estimate of drug-likeness (QED) is 0.798. The van der Waals surface area contributed by atoms with E-state index in [0.29, 0.717) is 11.1 Å². The van der Waals surface area contributed by atoms with Gasteiger partial charge in [0, 0.05) is 11.0 Å². The second kappa shape index (κ2) is 6.86. The normalized spacial score (nSPS) is 13.5. The molecule has 2 rings (SSSR count). The van der Waals surface area contributed by atoms with Gasteiger partial charge in [-0.25, -0.2) is 4.79 Å². The fourth-order valence-corrected chi connectivity index (χ4v) is 3.54. The molecule has 0 spiro atoms. The Morgan fingerprint density at radius 2 is 1.74 bits per heavy atom. The van der Waals surface area contributed by atoms with Crippen molar-refractivity contribution >= 4 is 5.97 Å². The van der Waals surface area contributed by atoms with Crippen LogP contribution in [-0.2, 0) is 5.41 Å². The zero-order chi connectivity index (χ0) is 17.0. The molecular formula is C20H24O3. The maximum absolute atomic E-state index is 11.5. The van der Waals surface area contributed by atoms with E-state index in [1.807, 2.05) is 24.3 Å². The highest BCUT2D eigenvalue weighted by molar-refractivity contribution is 5.93. The molecular weight excluding hydrogens is 288 g/mol. The summed E-state index contributed by atoms with van der Waals surface area (Å²) in [7, 11) is 0. The fourth-order valence-electron chi connectivity index (χ4n) is 3.54. The van der Waals surface area contributed by atoms with Gasteiger partial charge in [-0.15, -0.1) is 0 Å². The van der Waals surface area contributed by atoms with Crippen LogP contribution in [0.25, 0.3) is 0 Å². The van der Waals surface area contributed by atoms with E-state index in [1.54, 1.807) is 13.0 Å². The van der Waals surface area contributed by atoms with Gasteiger partial charge in [0.2, 0.25) is 0 Å². The molecule has 0 radical (unpaired) electrons. The van der Waals surface area contributed by atoms with Crippen molar-refractivity contribution < 1.29 is 15.0 Å². The maximum Gasteiger partial charge on any atom is 0.339 e. The second-order valence-corrected chi connectivity index (χ2v) is 6.01. The maximum atomic E-state index is 11.5. The van der Waals surface area contributed by atoms with E-state index in [4.69, 9.17) is 0 Å². The van der Waals surface area contributed by atoms with E-state index in [9.17, 15) is 15.0 Å². The SMILES string of the molecule is CCCC(CC)(c1ccccc1)c1ccc(C)c(C(=O)O)c1O. The summed E-state index contributed by atoms with van der Waals surface area (Å²) in [6, 6.07) is 13.7. The smallest absolute Gasteiger partial charge is 0.339 e. The number of aromatic hydroxyl groups is 1. The first-order chi connectivity index (χ1) is 11.0. The number of carbonyl (C=O) groups is 1. The minimum Gasteiger partial charge on any atom is -0.507 e. The van der Waals surface area contributed by atoms with Crippen LogP contribution in [0.3, 0.4) is 0 Å². The number of phenols is 1. The molecule has 2 aromatic carbocycles. The van der Waals surface area contributed by atoms with Gasteiger partial charge in [0.15, 0.2) is 0 Å². The summed E-state index contributed by atoms with van der Waals surface area (Å²) >= 11 is 0. The van der Waals surface area contributed by atoms with E-state index < -0.39 is 5.97 Å². The van der Waals surface area contributed by atoms with E-state index in [-0.39, 0.29) is 16.7 Å².